The number of hydrogen-bond acceptors (Lipinski definition) is 4. The average Bonchev–Trinajstić information content (AvgIpc) is 2.48. The fraction of sp³-hybridized carbons (Fsp3) is 0.600. The first-order valence-corrected chi connectivity index (χ1v) is 7.12. The van der Waals surface area contributed by atoms with Gasteiger partial charge in [0.25, 0.3) is 0 Å². The number of nitrogens with zero attached hydrogens (tertiary/aromatic N) is 1. The number of benzene rings is 1. The third kappa shape index (κ3) is 3.01. The number of fused-ring (bicyclic) bond motifs is 1. The van der Waals surface area contributed by atoms with E-state index in [2.05, 4.69) is 35.5 Å². The summed E-state index contributed by atoms with van der Waals surface area (Å²) in [6, 6.07) is 6.49. The second-order valence-electron chi connectivity index (χ2n) is 5.32. The predicted octanol–water partition coefficient (Wildman–Crippen LogP) is 1.44. The van der Waals surface area contributed by atoms with Gasteiger partial charge in [0.2, 0.25) is 0 Å². The van der Waals surface area contributed by atoms with Crippen LogP contribution < -0.4 is 15.0 Å². The second-order valence-corrected chi connectivity index (χ2v) is 5.32. The number of hydrogen-bond donors (Lipinski definition) is 1. The van der Waals surface area contributed by atoms with Crippen LogP contribution in [-0.4, -0.2) is 46.0 Å². The molecule has 4 heteroatoms. The van der Waals surface area contributed by atoms with Crippen LogP contribution in [-0.2, 0) is 11.2 Å². The van der Waals surface area contributed by atoms with Gasteiger partial charge in [-0.05, 0) is 36.6 Å². The van der Waals surface area contributed by atoms with Crippen LogP contribution in [0.15, 0.2) is 18.2 Å². The van der Waals surface area contributed by atoms with Gasteiger partial charge in [-0.2, -0.15) is 0 Å². The molecule has 1 saturated heterocycles. The molecule has 0 saturated carbocycles. The van der Waals surface area contributed by atoms with E-state index in [1.54, 1.807) is 0 Å². The summed E-state index contributed by atoms with van der Waals surface area (Å²) in [5, 5.41) is 3.37. The highest BCUT2D eigenvalue weighted by molar-refractivity contribution is 5.53. The molecule has 4 nitrogen and oxygen atoms in total. The minimum atomic E-state index is 0.283. The maximum absolute atomic E-state index is 5.75. The van der Waals surface area contributed by atoms with Gasteiger partial charge in [0.15, 0.2) is 0 Å². The summed E-state index contributed by atoms with van der Waals surface area (Å²) in [6.45, 7) is 4.50. The molecular weight excluding hydrogens is 240 g/mol. The smallest absolute Gasteiger partial charge is 0.122 e. The molecule has 0 spiro atoms. The molecule has 0 bridgehead atoms. The minimum Gasteiger partial charge on any atom is -0.493 e. The van der Waals surface area contributed by atoms with Crippen LogP contribution in [0.5, 0.6) is 5.75 Å². The number of morpholine rings is 1. The van der Waals surface area contributed by atoms with Crippen molar-refractivity contribution in [3.8, 4) is 5.75 Å². The molecule has 1 aromatic rings. The molecule has 0 amide bonds. The lowest BCUT2D eigenvalue weighted by molar-refractivity contribution is 0.0340. The Hall–Kier alpha value is -1.26. The van der Waals surface area contributed by atoms with Gasteiger partial charge in [0, 0.05) is 32.4 Å². The highest BCUT2D eigenvalue weighted by Gasteiger charge is 2.17. The van der Waals surface area contributed by atoms with Gasteiger partial charge in [-0.3, -0.25) is 0 Å². The Morgan fingerprint density at radius 1 is 1.37 bits per heavy atom. The molecule has 2 heterocycles. The van der Waals surface area contributed by atoms with E-state index in [4.69, 9.17) is 9.47 Å². The molecule has 1 unspecified atom stereocenters. The number of ether oxygens (including phenoxy) is 2. The van der Waals surface area contributed by atoms with Gasteiger partial charge in [0.05, 0.1) is 19.3 Å². The van der Waals surface area contributed by atoms with Crippen molar-refractivity contribution in [1.29, 1.82) is 0 Å². The maximum atomic E-state index is 5.75. The predicted molar refractivity (Wildman–Crippen MR) is 76.1 cm³/mol. The zero-order valence-electron chi connectivity index (χ0n) is 11.5. The van der Waals surface area contributed by atoms with E-state index >= 15 is 0 Å². The fourth-order valence-corrected chi connectivity index (χ4v) is 2.73. The topological polar surface area (TPSA) is 33.7 Å². The summed E-state index contributed by atoms with van der Waals surface area (Å²) in [5.74, 6) is 1.05. The van der Waals surface area contributed by atoms with Crippen molar-refractivity contribution in [2.45, 2.75) is 18.9 Å². The third-order valence-corrected chi connectivity index (χ3v) is 3.81. The molecule has 104 valence electrons. The maximum Gasteiger partial charge on any atom is 0.122 e. The van der Waals surface area contributed by atoms with Crippen molar-refractivity contribution in [2.75, 3.05) is 44.8 Å². The molecule has 2 aliphatic rings. The van der Waals surface area contributed by atoms with Crippen molar-refractivity contribution in [2.24, 2.45) is 0 Å². The summed E-state index contributed by atoms with van der Waals surface area (Å²) in [7, 11) is 2.13. The van der Waals surface area contributed by atoms with E-state index in [1.165, 1.54) is 11.3 Å². The lowest BCUT2D eigenvalue weighted by Crippen LogP contribution is -2.44. The van der Waals surface area contributed by atoms with E-state index in [9.17, 15) is 0 Å². The zero-order chi connectivity index (χ0) is 13.1. The number of aryl methyl sites for hydroxylation is 1. The van der Waals surface area contributed by atoms with Crippen molar-refractivity contribution in [3.05, 3.63) is 23.8 Å². The Morgan fingerprint density at radius 2 is 2.32 bits per heavy atom. The molecule has 0 aliphatic carbocycles. The number of anilines is 1. The normalized spacial score (nSPS) is 22.5. The van der Waals surface area contributed by atoms with Gasteiger partial charge < -0.3 is 19.7 Å². The van der Waals surface area contributed by atoms with E-state index in [-0.39, 0.29) is 6.10 Å². The number of rotatable bonds is 3. The Balaban J connectivity index is 1.67. The Bertz CT molecular complexity index is 430. The standard InChI is InChI=1S/C15H22N2O2/c1-17(11-14-10-16-6-8-18-14)13-4-5-15-12(9-13)3-2-7-19-15/h4-5,9,14,16H,2-3,6-8,10-11H2,1H3. The summed E-state index contributed by atoms with van der Waals surface area (Å²) < 4.78 is 11.4. The summed E-state index contributed by atoms with van der Waals surface area (Å²) in [4.78, 5) is 2.27. The van der Waals surface area contributed by atoms with Crippen molar-refractivity contribution in [3.63, 3.8) is 0 Å². The van der Waals surface area contributed by atoms with E-state index in [0.29, 0.717) is 0 Å². The van der Waals surface area contributed by atoms with E-state index in [0.717, 1.165) is 51.4 Å². The zero-order valence-corrected chi connectivity index (χ0v) is 11.5. The van der Waals surface area contributed by atoms with Gasteiger partial charge in [-0.25, -0.2) is 0 Å². The number of nitrogens with one attached hydrogen (secondary N) is 1. The Kier molecular flexibility index (Phi) is 3.89. The number of likely N-dealkylation sites (N-methyl/N-ethyl adjacent to an activating group) is 1. The fourth-order valence-electron chi connectivity index (χ4n) is 2.73. The molecule has 19 heavy (non-hydrogen) atoms. The van der Waals surface area contributed by atoms with Crippen LogP contribution in [0, 0.1) is 0 Å². The average molecular weight is 262 g/mol. The first kappa shape index (κ1) is 12.8. The van der Waals surface area contributed by atoms with Crippen LogP contribution in [0.2, 0.25) is 0 Å². The van der Waals surface area contributed by atoms with Gasteiger partial charge in [-0.1, -0.05) is 0 Å². The van der Waals surface area contributed by atoms with Crippen molar-refractivity contribution < 1.29 is 9.47 Å². The van der Waals surface area contributed by atoms with Crippen LogP contribution in [0.4, 0.5) is 5.69 Å². The van der Waals surface area contributed by atoms with Crippen LogP contribution in [0.1, 0.15) is 12.0 Å². The molecule has 3 rings (SSSR count). The Morgan fingerprint density at radius 3 is 3.16 bits per heavy atom. The highest BCUT2D eigenvalue weighted by atomic mass is 16.5. The third-order valence-electron chi connectivity index (χ3n) is 3.81. The molecular formula is C15H22N2O2. The lowest BCUT2D eigenvalue weighted by atomic mass is 10.1. The van der Waals surface area contributed by atoms with Crippen LogP contribution in [0.3, 0.4) is 0 Å². The van der Waals surface area contributed by atoms with Gasteiger partial charge in [0.1, 0.15) is 5.75 Å². The second kappa shape index (κ2) is 5.80. The summed E-state index contributed by atoms with van der Waals surface area (Å²) >= 11 is 0. The van der Waals surface area contributed by atoms with E-state index < -0.39 is 0 Å². The molecule has 1 N–H and O–H groups in total. The first-order valence-electron chi connectivity index (χ1n) is 7.12. The summed E-state index contributed by atoms with van der Waals surface area (Å²) in [5.41, 5.74) is 2.58. The first-order chi connectivity index (χ1) is 9.33. The van der Waals surface area contributed by atoms with Crippen LogP contribution >= 0.6 is 0 Å². The summed E-state index contributed by atoms with van der Waals surface area (Å²) in [6.07, 6.45) is 2.53. The quantitative estimate of drug-likeness (QED) is 0.893. The Labute approximate surface area is 114 Å². The van der Waals surface area contributed by atoms with Crippen LogP contribution in [0.25, 0.3) is 0 Å². The molecule has 2 aliphatic heterocycles. The van der Waals surface area contributed by atoms with Crippen molar-refractivity contribution >= 4 is 5.69 Å². The molecule has 0 aromatic heterocycles. The molecule has 1 fully saturated rings. The molecule has 1 aromatic carbocycles. The monoisotopic (exact) mass is 262 g/mol. The highest BCUT2D eigenvalue weighted by Crippen LogP contribution is 2.28. The molecule has 0 radical (unpaired) electrons. The largest absolute Gasteiger partial charge is 0.493 e. The lowest BCUT2D eigenvalue weighted by Gasteiger charge is -2.30. The molecule has 1 atom stereocenters. The van der Waals surface area contributed by atoms with Gasteiger partial charge in [-0.15, -0.1) is 0 Å². The van der Waals surface area contributed by atoms with E-state index in [1.807, 2.05) is 0 Å². The van der Waals surface area contributed by atoms with Crippen molar-refractivity contribution in [1.82, 2.24) is 5.32 Å². The van der Waals surface area contributed by atoms with Gasteiger partial charge >= 0.3 is 0 Å². The SMILES string of the molecule is CN(CC1CNCCO1)c1ccc2c(c1)CCCO2. The minimum absolute atomic E-state index is 0.283.